The number of benzene rings is 1. The summed E-state index contributed by atoms with van der Waals surface area (Å²) in [5.74, 6) is 0.0397. The van der Waals surface area contributed by atoms with Gasteiger partial charge in [-0.15, -0.1) is 0 Å². The van der Waals surface area contributed by atoms with Gasteiger partial charge in [0.25, 0.3) is 5.91 Å². The SMILES string of the molecule is CCOC(=O)NC[C@@H]1C[C@H](F)CN1C(=O)c1cc(-c2ccccc2)on1. The largest absolute Gasteiger partial charge is 0.450 e. The maximum atomic E-state index is 13.9. The van der Waals surface area contributed by atoms with Crippen molar-refractivity contribution >= 4 is 12.0 Å². The molecule has 0 radical (unpaired) electrons. The van der Waals surface area contributed by atoms with Crippen molar-refractivity contribution in [3.05, 3.63) is 42.1 Å². The predicted molar refractivity (Wildman–Crippen MR) is 91.3 cm³/mol. The van der Waals surface area contributed by atoms with E-state index in [0.29, 0.717) is 5.76 Å². The molecule has 0 saturated carbocycles. The number of ether oxygens (including phenoxy) is 1. The summed E-state index contributed by atoms with van der Waals surface area (Å²) in [4.78, 5) is 25.5. The van der Waals surface area contributed by atoms with Crippen molar-refractivity contribution in [3.63, 3.8) is 0 Å². The lowest BCUT2D eigenvalue weighted by molar-refractivity contribution is 0.0714. The van der Waals surface area contributed by atoms with Crippen LogP contribution in [0.2, 0.25) is 0 Å². The Labute approximate surface area is 150 Å². The van der Waals surface area contributed by atoms with Gasteiger partial charge in [0.2, 0.25) is 0 Å². The summed E-state index contributed by atoms with van der Waals surface area (Å²) >= 11 is 0. The molecule has 8 heteroatoms. The molecule has 0 spiro atoms. The maximum absolute atomic E-state index is 13.9. The fourth-order valence-electron chi connectivity index (χ4n) is 2.95. The van der Waals surface area contributed by atoms with Crippen LogP contribution < -0.4 is 5.32 Å². The number of rotatable bonds is 5. The van der Waals surface area contributed by atoms with E-state index < -0.39 is 24.2 Å². The van der Waals surface area contributed by atoms with Gasteiger partial charge in [-0.25, -0.2) is 9.18 Å². The van der Waals surface area contributed by atoms with Crippen LogP contribution in [0.4, 0.5) is 9.18 Å². The van der Waals surface area contributed by atoms with E-state index in [1.165, 1.54) is 4.90 Å². The number of nitrogens with one attached hydrogen (secondary N) is 1. The lowest BCUT2D eigenvalue weighted by Gasteiger charge is -2.23. The first-order chi connectivity index (χ1) is 12.6. The molecule has 1 saturated heterocycles. The Morgan fingerprint density at radius 2 is 2.15 bits per heavy atom. The topological polar surface area (TPSA) is 84.7 Å². The van der Waals surface area contributed by atoms with Gasteiger partial charge >= 0.3 is 6.09 Å². The molecule has 0 bridgehead atoms. The monoisotopic (exact) mass is 361 g/mol. The number of likely N-dealkylation sites (tertiary alicyclic amines) is 1. The Kier molecular flexibility index (Phi) is 5.50. The van der Waals surface area contributed by atoms with Crippen molar-refractivity contribution in [2.45, 2.75) is 25.6 Å². The third-order valence-corrected chi connectivity index (χ3v) is 4.17. The minimum atomic E-state index is -1.14. The summed E-state index contributed by atoms with van der Waals surface area (Å²) in [5.41, 5.74) is 0.906. The Morgan fingerprint density at radius 1 is 1.38 bits per heavy atom. The molecule has 1 N–H and O–H groups in total. The van der Waals surface area contributed by atoms with Crippen LogP contribution in [-0.4, -0.2) is 54.0 Å². The van der Waals surface area contributed by atoms with Crippen molar-refractivity contribution in [2.75, 3.05) is 19.7 Å². The van der Waals surface area contributed by atoms with Crippen molar-refractivity contribution in [1.29, 1.82) is 0 Å². The van der Waals surface area contributed by atoms with E-state index in [4.69, 9.17) is 9.26 Å². The van der Waals surface area contributed by atoms with E-state index in [1.54, 1.807) is 13.0 Å². The standard InChI is InChI=1S/C18H20FN3O4/c1-2-25-18(24)20-10-14-8-13(19)11-22(14)17(23)15-9-16(26-21-15)12-6-4-3-5-7-12/h3-7,9,13-14H,2,8,10-11H2,1H3,(H,20,24)/t13-,14-/m0/s1. The zero-order chi connectivity index (χ0) is 18.5. The van der Waals surface area contributed by atoms with E-state index in [-0.39, 0.29) is 31.8 Å². The number of halogens is 1. The Bertz CT molecular complexity index is 765. The fourth-order valence-corrected chi connectivity index (χ4v) is 2.95. The van der Waals surface area contributed by atoms with Crippen molar-refractivity contribution < 1.29 is 23.2 Å². The molecule has 7 nitrogen and oxygen atoms in total. The van der Waals surface area contributed by atoms with Gasteiger partial charge in [0, 0.05) is 24.6 Å². The first kappa shape index (κ1) is 17.9. The molecular formula is C18H20FN3O4. The molecule has 1 aliphatic heterocycles. The summed E-state index contributed by atoms with van der Waals surface area (Å²) in [6.45, 7) is 2.01. The number of nitrogens with zero attached hydrogens (tertiary/aromatic N) is 2. The molecule has 0 unspecified atom stereocenters. The second kappa shape index (κ2) is 7.99. The highest BCUT2D eigenvalue weighted by molar-refractivity contribution is 5.93. The van der Waals surface area contributed by atoms with Gasteiger partial charge in [0.1, 0.15) is 6.17 Å². The van der Waals surface area contributed by atoms with Gasteiger partial charge in [0.05, 0.1) is 19.2 Å². The average Bonchev–Trinajstić information content (AvgIpc) is 3.27. The van der Waals surface area contributed by atoms with Crippen LogP contribution in [0.25, 0.3) is 11.3 Å². The lowest BCUT2D eigenvalue weighted by atomic mass is 10.1. The van der Waals surface area contributed by atoms with Crippen LogP contribution in [0, 0.1) is 0 Å². The second-order valence-corrected chi connectivity index (χ2v) is 5.99. The molecule has 1 aromatic carbocycles. The molecule has 2 heterocycles. The molecule has 1 fully saturated rings. The molecule has 2 amide bonds. The van der Waals surface area contributed by atoms with Gasteiger partial charge in [-0.05, 0) is 6.92 Å². The zero-order valence-electron chi connectivity index (χ0n) is 14.4. The normalized spacial score (nSPS) is 19.4. The number of hydrogen-bond donors (Lipinski definition) is 1. The zero-order valence-corrected chi connectivity index (χ0v) is 14.4. The molecule has 1 aromatic heterocycles. The fraction of sp³-hybridized carbons (Fsp3) is 0.389. The Hall–Kier alpha value is -2.90. The van der Waals surface area contributed by atoms with Crippen LogP contribution in [0.3, 0.4) is 0 Å². The summed E-state index contributed by atoms with van der Waals surface area (Å²) in [7, 11) is 0. The third kappa shape index (κ3) is 4.01. The molecule has 2 atom stereocenters. The quantitative estimate of drug-likeness (QED) is 0.885. The van der Waals surface area contributed by atoms with Gasteiger partial charge in [0.15, 0.2) is 11.5 Å². The molecular weight excluding hydrogens is 341 g/mol. The van der Waals surface area contributed by atoms with E-state index in [2.05, 4.69) is 10.5 Å². The number of alkyl halides is 1. The number of alkyl carbamates (subject to hydrolysis) is 1. The Morgan fingerprint density at radius 3 is 2.88 bits per heavy atom. The molecule has 138 valence electrons. The second-order valence-electron chi connectivity index (χ2n) is 5.99. The van der Waals surface area contributed by atoms with E-state index >= 15 is 0 Å². The van der Waals surface area contributed by atoms with Crippen LogP contribution in [0.5, 0.6) is 0 Å². The van der Waals surface area contributed by atoms with Crippen molar-refractivity contribution in [2.24, 2.45) is 0 Å². The highest BCUT2D eigenvalue weighted by atomic mass is 19.1. The summed E-state index contributed by atoms with van der Waals surface area (Å²) in [6, 6.07) is 10.3. The molecule has 1 aliphatic rings. The molecule has 0 aliphatic carbocycles. The van der Waals surface area contributed by atoms with Gasteiger partial charge in [-0.1, -0.05) is 35.5 Å². The number of carbonyl (C=O) groups is 2. The highest BCUT2D eigenvalue weighted by Crippen LogP contribution is 2.25. The minimum absolute atomic E-state index is 0.0401. The lowest BCUT2D eigenvalue weighted by Crippen LogP contribution is -2.43. The van der Waals surface area contributed by atoms with Crippen LogP contribution in [0.15, 0.2) is 40.9 Å². The third-order valence-electron chi connectivity index (χ3n) is 4.17. The van der Waals surface area contributed by atoms with Crippen LogP contribution >= 0.6 is 0 Å². The predicted octanol–water partition coefficient (Wildman–Crippen LogP) is 2.64. The van der Waals surface area contributed by atoms with E-state index in [9.17, 15) is 14.0 Å². The van der Waals surface area contributed by atoms with Crippen molar-refractivity contribution in [1.82, 2.24) is 15.4 Å². The number of carbonyl (C=O) groups excluding carboxylic acids is 2. The van der Waals surface area contributed by atoms with Crippen LogP contribution in [0.1, 0.15) is 23.8 Å². The van der Waals surface area contributed by atoms with E-state index in [0.717, 1.165) is 5.56 Å². The molecule has 2 aromatic rings. The molecule has 3 rings (SSSR count). The minimum Gasteiger partial charge on any atom is -0.450 e. The van der Waals surface area contributed by atoms with Crippen LogP contribution in [-0.2, 0) is 4.74 Å². The first-order valence-corrected chi connectivity index (χ1v) is 8.46. The number of aromatic nitrogens is 1. The van der Waals surface area contributed by atoms with E-state index in [1.807, 2.05) is 30.3 Å². The number of amides is 2. The smallest absolute Gasteiger partial charge is 0.407 e. The summed E-state index contributed by atoms with van der Waals surface area (Å²) in [5, 5.41) is 6.37. The van der Waals surface area contributed by atoms with Gasteiger partial charge < -0.3 is 19.5 Å². The van der Waals surface area contributed by atoms with Gasteiger partial charge in [-0.2, -0.15) is 0 Å². The van der Waals surface area contributed by atoms with Crippen molar-refractivity contribution in [3.8, 4) is 11.3 Å². The molecule has 26 heavy (non-hydrogen) atoms. The summed E-state index contributed by atoms with van der Waals surface area (Å²) in [6.07, 6.45) is -1.58. The highest BCUT2D eigenvalue weighted by Gasteiger charge is 2.37. The summed E-state index contributed by atoms with van der Waals surface area (Å²) < 4.78 is 23.9. The maximum Gasteiger partial charge on any atom is 0.407 e. The number of hydrogen-bond acceptors (Lipinski definition) is 5. The Balaban J connectivity index is 1.69. The first-order valence-electron chi connectivity index (χ1n) is 8.46. The average molecular weight is 361 g/mol. The van der Waals surface area contributed by atoms with Gasteiger partial charge in [-0.3, -0.25) is 4.79 Å².